The fraction of sp³-hybridized carbons (Fsp3) is 0.545. The molecule has 0 spiro atoms. The zero-order valence-electron chi connectivity index (χ0n) is 9.80. The maximum Gasteiger partial charge on any atom is 0.320 e. The van der Waals surface area contributed by atoms with Crippen molar-refractivity contribution in [2.75, 3.05) is 6.54 Å². The van der Waals surface area contributed by atoms with Crippen LogP contribution < -0.4 is 10.1 Å². The van der Waals surface area contributed by atoms with Gasteiger partial charge in [-0.25, -0.2) is 9.97 Å². The molecule has 2 rings (SSSR count). The Kier molecular flexibility index (Phi) is 3.23. The number of aromatic nitrogens is 2. The van der Waals surface area contributed by atoms with Crippen LogP contribution in [-0.2, 0) is 4.79 Å². The van der Waals surface area contributed by atoms with Crippen molar-refractivity contribution in [3.8, 4) is 6.01 Å². The molecule has 0 saturated carbocycles. The summed E-state index contributed by atoms with van der Waals surface area (Å²) in [6.07, 6.45) is 0.253. The van der Waals surface area contributed by atoms with Gasteiger partial charge in [-0.15, -0.1) is 0 Å². The summed E-state index contributed by atoms with van der Waals surface area (Å²) in [5, 5.41) is 11.7. The SMILES string of the molecule is Cc1cc(C)nc(OC2CNC(C(=O)O)C2)n1. The van der Waals surface area contributed by atoms with E-state index in [4.69, 9.17) is 9.84 Å². The molecule has 6 heteroatoms. The van der Waals surface area contributed by atoms with Crippen LogP contribution in [0.3, 0.4) is 0 Å². The van der Waals surface area contributed by atoms with Crippen LogP contribution >= 0.6 is 0 Å². The highest BCUT2D eigenvalue weighted by Crippen LogP contribution is 2.14. The summed E-state index contributed by atoms with van der Waals surface area (Å²) in [5.74, 6) is -0.850. The number of carbonyl (C=O) groups is 1. The average molecular weight is 237 g/mol. The molecule has 0 aliphatic carbocycles. The van der Waals surface area contributed by atoms with Crippen LogP contribution in [0, 0.1) is 13.8 Å². The highest BCUT2D eigenvalue weighted by atomic mass is 16.5. The summed E-state index contributed by atoms with van der Waals surface area (Å²) >= 11 is 0. The number of rotatable bonds is 3. The number of carboxylic acid groups (broad SMARTS) is 1. The molecule has 2 atom stereocenters. The molecule has 2 N–H and O–H groups in total. The normalized spacial score (nSPS) is 23.6. The first-order chi connectivity index (χ1) is 8.04. The van der Waals surface area contributed by atoms with Crippen LogP contribution in [0.1, 0.15) is 17.8 Å². The van der Waals surface area contributed by atoms with Crippen LogP contribution in [0.15, 0.2) is 6.07 Å². The lowest BCUT2D eigenvalue weighted by atomic mass is 10.2. The van der Waals surface area contributed by atoms with Gasteiger partial charge in [0.1, 0.15) is 12.1 Å². The number of hydrogen-bond acceptors (Lipinski definition) is 5. The van der Waals surface area contributed by atoms with Gasteiger partial charge in [0.25, 0.3) is 0 Å². The summed E-state index contributed by atoms with van der Waals surface area (Å²) in [6, 6.07) is 1.64. The molecule has 6 nitrogen and oxygen atoms in total. The van der Waals surface area contributed by atoms with Gasteiger partial charge in [-0.05, 0) is 19.9 Å². The first kappa shape index (κ1) is 11.8. The molecule has 2 unspecified atom stereocenters. The molecular formula is C11H15N3O3. The van der Waals surface area contributed by atoms with Crippen molar-refractivity contribution in [1.82, 2.24) is 15.3 Å². The van der Waals surface area contributed by atoms with Crippen molar-refractivity contribution in [3.63, 3.8) is 0 Å². The highest BCUT2D eigenvalue weighted by molar-refractivity contribution is 5.73. The van der Waals surface area contributed by atoms with Crippen LogP contribution in [0.2, 0.25) is 0 Å². The van der Waals surface area contributed by atoms with Gasteiger partial charge in [0, 0.05) is 24.4 Å². The van der Waals surface area contributed by atoms with Gasteiger partial charge in [0.2, 0.25) is 0 Å². The Bertz CT molecular complexity index is 416. The van der Waals surface area contributed by atoms with E-state index in [1.54, 1.807) is 0 Å². The minimum absolute atomic E-state index is 0.183. The monoisotopic (exact) mass is 237 g/mol. The van der Waals surface area contributed by atoms with Gasteiger partial charge >= 0.3 is 12.0 Å². The number of nitrogens with zero attached hydrogens (tertiary/aromatic N) is 2. The largest absolute Gasteiger partial charge is 0.480 e. The number of hydrogen-bond donors (Lipinski definition) is 2. The molecule has 0 amide bonds. The van der Waals surface area contributed by atoms with Crippen LogP contribution in [0.25, 0.3) is 0 Å². The zero-order valence-corrected chi connectivity index (χ0v) is 9.80. The predicted octanol–water partition coefficient (Wildman–Crippen LogP) is 0.287. The standard InChI is InChI=1S/C11H15N3O3/c1-6-3-7(2)14-11(13-6)17-8-4-9(10(15)16)12-5-8/h3,8-9,12H,4-5H2,1-2H3,(H,15,16). The minimum Gasteiger partial charge on any atom is -0.480 e. The number of aryl methyl sites for hydroxylation is 2. The van der Waals surface area contributed by atoms with E-state index in [0.717, 1.165) is 11.4 Å². The Morgan fingerprint density at radius 2 is 2.12 bits per heavy atom. The number of carboxylic acids is 1. The van der Waals surface area contributed by atoms with E-state index < -0.39 is 12.0 Å². The van der Waals surface area contributed by atoms with Crippen molar-refractivity contribution in [2.24, 2.45) is 0 Å². The Balaban J connectivity index is 2.00. The third-order valence-corrected chi connectivity index (χ3v) is 2.62. The quantitative estimate of drug-likeness (QED) is 0.786. The number of nitrogens with one attached hydrogen (secondary N) is 1. The van der Waals surface area contributed by atoms with Crippen molar-refractivity contribution in [2.45, 2.75) is 32.4 Å². The summed E-state index contributed by atoms with van der Waals surface area (Å²) in [7, 11) is 0. The third kappa shape index (κ3) is 2.91. The molecule has 0 bridgehead atoms. The molecule has 1 aliphatic rings. The number of ether oxygens (including phenoxy) is 1. The Labute approximate surface area is 99.0 Å². The van der Waals surface area contributed by atoms with E-state index in [-0.39, 0.29) is 6.10 Å². The second-order valence-electron chi connectivity index (χ2n) is 4.21. The fourth-order valence-electron chi connectivity index (χ4n) is 1.88. The molecule has 1 aromatic heterocycles. The Morgan fingerprint density at radius 1 is 1.47 bits per heavy atom. The summed E-state index contributed by atoms with van der Waals surface area (Å²) in [5.41, 5.74) is 1.68. The average Bonchev–Trinajstić information content (AvgIpc) is 2.64. The van der Waals surface area contributed by atoms with E-state index in [1.165, 1.54) is 0 Å². The lowest BCUT2D eigenvalue weighted by molar-refractivity contribution is -0.139. The Morgan fingerprint density at radius 3 is 2.65 bits per heavy atom. The van der Waals surface area contributed by atoms with Crippen molar-refractivity contribution >= 4 is 5.97 Å². The topological polar surface area (TPSA) is 84.3 Å². The van der Waals surface area contributed by atoms with Gasteiger partial charge in [-0.1, -0.05) is 0 Å². The van der Waals surface area contributed by atoms with Gasteiger partial charge in [0.15, 0.2) is 0 Å². The van der Waals surface area contributed by atoms with Crippen LogP contribution in [0.4, 0.5) is 0 Å². The zero-order chi connectivity index (χ0) is 12.4. The predicted molar refractivity (Wildman–Crippen MR) is 60.0 cm³/mol. The van der Waals surface area contributed by atoms with Gasteiger partial charge in [-0.3, -0.25) is 4.79 Å². The van der Waals surface area contributed by atoms with E-state index >= 15 is 0 Å². The molecular weight excluding hydrogens is 222 g/mol. The highest BCUT2D eigenvalue weighted by Gasteiger charge is 2.30. The molecule has 2 heterocycles. The van der Waals surface area contributed by atoms with E-state index in [2.05, 4.69) is 15.3 Å². The van der Waals surface area contributed by atoms with Gasteiger partial charge in [-0.2, -0.15) is 0 Å². The maximum absolute atomic E-state index is 10.8. The molecule has 17 heavy (non-hydrogen) atoms. The molecule has 1 aromatic rings. The van der Waals surface area contributed by atoms with Gasteiger partial charge < -0.3 is 15.2 Å². The van der Waals surface area contributed by atoms with Crippen LogP contribution in [0.5, 0.6) is 6.01 Å². The maximum atomic E-state index is 10.8. The fourth-order valence-corrected chi connectivity index (χ4v) is 1.88. The summed E-state index contributed by atoms with van der Waals surface area (Å²) in [6.45, 7) is 4.25. The van der Waals surface area contributed by atoms with Crippen molar-refractivity contribution in [1.29, 1.82) is 0 Å². The third-order valence-electron chi connectivity index (χ3n) is 2.62. The summed E-state index contributed by atoms with van der Waals surface area (Å²) in [4.78, 5) is 19.1. The molecule has 0 radical (unpaired) electrons. The smallest absolute Gasteiger partial charge is 0.320 e. The lowest BCUT2D eigenvalue weighted by Crippen LogP contribution is -2.30. The Hall–Kier alpha value is -1.69. The first-order valence-corrected chi connectivity index (χ1v) is 5.49. The van der Waals surface area contributed by atoms with E-state index in [0.29, 0.717) is 19.0 Å². The van der Waals surface area contributed by atoms with Crippen molar-refractivity contribution in [3.05, 3.63) is 17.5 Å². The second-order valence-corrected chi connectivity index (χ2v) is 4.21. The lowest BCUT2D eigenvalue weighted by Gasteiger charge is -2.11. The van der Waals surface area contributed by atoms with E-state index in [9.17, 15) is 4.79 Å². The molecule has 1 fully saturated rings. The molecule has 92 valence electrons. The molecule has 1 aliphatic heterocycles. The van der Waals surface area contributed by atoms with Gasteiger partial charge in [0.05, 0.1) is 0 Å². The molecule has 1 saturated heterocycles. The first-order valence-electron chi connectivity index (χ1n) is 5.49. The number of aliphatic carboxylic acids is 1. The molecule has 0 aromatic carbocycles. The van der Waals surface area contributed by atoms with Crippen LogP contribution in [-0.4, -0.2) is 39.7 Å². The van der Waals surface area contributed by atoms with E-state index in [1.807, 2.05) is 19.9 Å². The minimum atomic E-state index is -0.850. The summed E-state index contributed by atoms with van der Waals surface area (Å²) < 4.78 is 5.57. The second kappa shape index (κ2) is 4.67. The van der Waals surface area contributed by atoms with Crippen molar-refractivity contribution < 1.29 is 14.6 Å².